The Hall–Kier alpha value is -3.28. The van der Waals surface area contributed by atoms with Gasteiger partial charge in [0.25, 0.3) is 0 Å². The van der Waals surface area contributed by atoms with Gasteiger partial charge in [-0.25, -0.2) is 4.98 Å². The zero-order valence-corrected chi connectivity index (χ0v) is 17.2. The smallest absolute Gasteiger partial charge is 0.227 e. The highest BCUT2D eigenvalue weighted by atomic mass is 16.5. The first-order valence-electron chi connectivity index (χ1n) is 9.95. The SMILES string of the molecule is COc1ccccc1N1CCN(c2nccc(Nc3cccc(C)c3C)n2)CC1. The summed E-state index contributed by atoms with van der Waals surface area (Å²) in [5.41, 5.74) is 4.71. The zero-order valence-electron chi connectivity index (χ0n) is 17.2. The minimum atomic E-state index is 0.764. The fraction of sp³-hybridized carbons (Fsp3) is 0.304. The number of nitrogens with one attached hydrogen (secondary N) is 1. The van der Waals surface area contributed by atoms with Gasteiger partial charge < -0.3 is 19.9 Å². The van der Waals surface area contributed by atoms with Gasteiger partial charge in [-0.15, -0.1) is 0 Å². The highest BCUT2D eigenvalue weighted by molar-refractivity contribution is 5.63. The van der Waals surface area contributed by atoms with Crippen molar-refractivity contribution < 1.29 is 4.74 Å². The van der Waals surface area contributed by atoms with Gasteiger partial charge >= 0.3 is 0 Å². The van der Waals surface area contributed by atoms with Crippen molar-refractivity contribution in [1.82, 2.24) is 9.97 Å². The first-order chi connectivity index (χ1) is 14.2. The molecule has 1 N–H and O–H groups in total. The largest absolute Gasteiger partial charge is 0.495 e. The molecule has 6 nitrogen and oxygen atoms in total. The Morgan fingerprint density at radius 1 is 0.897 bits per heavy atom. The average Bonchev–Trinajstić information content (AvgIpc) is 2.77. The predicted molar refractivity (Wildman–Crippen MR) is 119 cm³/mol. The molecule has 1 aliphatic heterocycles. The Kier molecular flexibility index (Phi) is 5.51. The van der Waals surface area contributed by atoms with E-state index in [0.29, 0.717) is 0 Å². The van der Waals surface area contributed by atoms with Crippen LogP contribution in [0.2, 0.25) is 0 Å². The molecule has 0 spiro atoms. The molecular weight excluding hydrogens is 362 g/mol. The molecule has 6 heteroatoms. The number of benzene rings is 2. The van der Waals surface area contributed by atoms with Crippen LogP contribution in [0, 0.1) is 13.8 Å². The molecular formula is C23H27N5O. The van der Waals surface area contributed by atoms with Crippen LogP contribution in [-0.2, 0) is 0 Å². The van der Waals surface area contributed by atoms with Gasteiger partial charge in [-0.1, -0.05) is 24.3 Å². The van der Waals surface area contributed by atoms with Crippen LogP contribution >= 0.6 is 0 Å². The summed E-state index contributed by atoms with van der Waals surface area (Å²) >= 11 is 0. The van der Waals surface area contributed by atoms with E-state index >= 15 is 0 Å². The van der Waals surface area contributed by atoms with E-state index in [4.69, 9.17) is 9.72 Å². The molecule has 2 heterocycles. The average molecular weight is 390 g/mol. The van der Waals surface area contributed by atoms with Crippen LogP contribution in [0.25, 0.3) is 0 Å². The number of methoxy groups -OCH3 is 1. The third-order valence-electron chi connectivity index (χ3n) is 5.50. The van der Waals surface area contributed by atoms with E-state index in [1.54, 1.807) is 7.11 Å². The van der Waals surface area contributed by atoms with E-state index in [2.05, 4.69) is 64.3 Å². The molecule has 4 rings (SSSR count). The number of ether oxygens (including phenoxy) is 1. The van der Waals surface area contributed by atoms with Gasteiger partial charge in [0.1, 0.15) is 11.6 Å². The van der Waals surface area contributed by atoms with Crippen LogP contribution in [0.1, 0.15) is 11.1 Å². The Bertz CT molecular complexity index is 983. The summed E-state index contributed by atoms with van der Waals surface area (Å²) in [5, 5.41) is 3.44. The quantitative estimate of drug-likeness (QED) is 0.707. The zero-order chi connectivity index (χ0) is 20.2. The molecule has 0 bridgehead atoms. The monoisotopic (exact) mass is 389 g/mol. The summed E-state index contributed by atoms with van der Waals surface area (Å²) in [5.74, 6) is 2.49. The van der Waals surface area contributed by atoms with Gasteiger partial charge in [-0.3, -0.25) is 0 Å². The molecule has 0 atom stereocenters. The van der Waals surface area contributed by atoms with Gasteiger partial charge in [0.05, 0.1) is 12.8 Å². The summed E-state index contributed by atoms with van der Waals surface area (Å²) in [4.78, 5) is 13.9. The summed E-state index contributed by atoms with van der Waals surface area (Å²) in [6, 6.07) is 16.3. The number of para-hydroxylation sites is 2. The van der Waals surface area contributed by atoms with Crippen LogP contribution in [-0.4, -0.2) is 43.3 Å². The van der Waals surface area contributed by atoms with Crippen LogP contribution < -0.4 is 19.9 Å². The van der Waals surface area contributed by atoms with Crippen LogP contribution in [0.3, 0.4) is 0 Å². The number of aryl methyl sites for hydroxylation is 1. The van der Waals surface area contributed by atoms with E-state index in [-0.39, 0.29) is 0 Å². The van der Waals surface area contributed by atoms with Crippen molar-refractivity contribution >= 4 is 23.1 Å². The highest BCUT2D eigenvalue weighted by Gasteiger charge is 2.21. The third-order valence-corrected chi connectivity index (χ3v) is 5.50. The fourth-order valence-electron chi connectivity index (χ4n) is 3.63. The van der Waals surface area contributed by atoms with Crippen LogP contribution in [0.5, 0.6) is 5.75 Å². The summed E-state index contributed by atoms with van der Waals surface area (Å²) in [7, 11) is 1.72. The molecule has 150 valence electrons. The lowest BCUT2D eigenvalue weighted by atomic mass is 10.1. The Morgan fingerprint density at radius 2 is 1.66 bits per heavy atom. The lowest BCUT2D eigenvalue weighted by Crippen LogP contribution is -2.47. The van der Waals surface area contributed by atoms with Crippen molar-refractivity contribution in [3.8, 4) is 5.75 Å². The number of anilines is 4. The van der Waals surface area contributed by atoms with Gasteiger partial charge in [-0.05, 0) is 49.2 Å². The molecule has 0 unspecified atom stereocenters. The molecule has 1 aliphatic rings. The summed E-state index contributed by atoms with van der Waals surface area (Å²) in [6.07, 6.45) is 1.82. The van der Waals surface area contributed by atoms with E-state index < -0.39 is 0 Å². The topological polar surface area (TPSA) is 53.5 Å². The maximum atomic E-state index is 5.51. The summed E-state index contributed by atoms with van der Waals surface area (Å²) < 4.78 is 5.51. The molecule has 0 amide bonds. The minimum Gasteiger partial charge on any atom is -0.495 e. The predicted octanol–water partition coefficient (Wildman–Crippen LogP) is 4.17. The lowest BCUT2D eigenvalue weighted by Gasteiger charge is -2.36. The van der Waals surface area contributed by atoms with Crippen molar-refractivity contribution in [2.45, 2.75) is 13.8 Å². The molecule has 1 saturated heterocycles. The molecule has 1 aromatic heterocycles. The third kappa shape index (κ3) is 4.11. The van der Waals surface area contributed by atoms with E-state index in [0.717, 1.165) is 55.1 Å². The van der Waals surface area contributed by atoms with Crippen LogP contribution in [0.4, 0.5) is 23.1 Å². The van der Waals surface area contributed by atoms with Crippen molar-refractivity contribution in [1.29, 1.82) is 0 Å². The van der Waals surface area contributed by atoms with Crippen molar-refractivity contribution in [2.75, 3.05) is 48.4 Å². The van der Waals surface area contributed by atoms with E-state index in [1.807, 2.05) is 24.4 Å². The molecule has 0 saturated carbocycles. The number of hydrogen-bond acceptors (Lipinski definition) is 6. The maximum absolute atomic E-state index is 5.51. The molecule has 1 fully saturated rings. The molecule has 29 heavy (non-hydrogen) atoms. The minimum absolute atomic E-state index is 0.764. The Morgan fingerprint density at radius 3 is 2.45 bits per heavy atom. The van der Waals surface area contributed by atoms with Crippen molar-refractivity contribution in [3.63, 3.8) is 0 Å². The van der Waals surface area contributed by atoms with Gasteiger partial charge in [0.15, 0.2) is 0 Å². The number of aromatic nitrogens is 2. The molecule has 2 aromatic carbocycles. The van der Waals surface area contributed by atoms with Gasteiger partial charge in [0.2, 0.25) is 5.95 Å². The van der Waals surface area contributed by atoms with E-state index in [9.17, 15) is 0 Å². The molecule has 0 aliphatic carbocycles. The summed E-state index contributed by atoms with van der Waals surface area (Å²) in [6.45, 7) is 7.77. The molecule has 0 radical (unpaired) electrons. The second-order valence-electron chi connectivity index (χ2n) is 7.26. The lowest BCUT2D eigenvalue weighted by molar-refractivity contribution is 0.413. The number of nitrogens with zero attached hydrogens (tertiary/aromatic N) is 4. The maximum Gasteiger partial charge on any atom is 0.227 e. The van der Waals surface area contributed by atoms with E-state index in [1.165, 1.54) is 11.1 Å². The normalized spacial score (nSPS) is 14.0. The number of piperazine rings is 1. The Labute approximate surface area is 172 Å². The van der Waals surface area contributed by atoms with Crippen LogP contribution in [0.15, 0.2) is 54.7 Å². The van der Waals surface area contributed by atoms with Crippen molar-refractivity contribution in [3.05, 3.63) is 65.9 Å². The first kappa shape index (κ1) is 19.1. The first-order valence-corrected chi connectivity index (χ1v) is 9.95. The number of hydrogen-bond donors (Lipinski definition) is 1. The highest BCUT2D eigenvalue weighted by Crippen LogP contribution is 2.29. The second-order valence-corrected chi connectivity index (χ2v) is 7.26. The van der Waals surface area contributed by atoms with Gasteiger partial charge in [0, 0.05) is 38.1 Å². The Balaban J connectivity index is 1.45. The van der Waals surface area contributed by atoms with Gasteiger partial charge in [-0.2, -0.15) is 4.98 Å². The second kappa shape index (κ2) is 8.39. The standard InChI is InChI=1S/C23H27N5O/c1-17-7-6-8-19(18(17)2)25-22-11-12-24-23(26-22)28-15-13-27(14-16-28)20-9-4-5-10-21(20)29-3/h4-12H,13-16H2,1-3H3,(H,24,25,26). The fourth-order valence-corrected chi connectivity index (χ4v) is 3.63. The number of rotatable bonds is 5. The molecule has 3 aromatic rings. The van der Waals surface area contributed by atoms with Crippen molar-refractivity contribution in [2.24, 2.45) is 0 Å².